The molecule has 0 spiro atoms. The molecule has 2 aliphatic rings. The second-order valence-electron chi connectivity index (χ2n) is 7.20. The molecule has 1 aliphatic heterocycles. The number of benzene rings is 1. The van der Waals surface area contributed by atoms with E-state index in [2.05, 4.69) is 27.4 Å². The quantitative estimate of drug-likeness (QED) is 0.377. The standard InChI is InChI=1S/C20H31FN4.HI/c1-2-22-20(23-12-10-16-6-5-7-17(21)14-16)24-18-11-13-25(15-18)19-8-3-4-9-19;/h5-7,14,18-19H,2-4,8-13,15H2,1H3,(H2,22,23,24);1H. The van der Waals surface area contributed by atoms with E-state index in [4.69, 9.17) is 0 Å². The number of rotatable bonds is 6. The molecule has 2 fully saturated rings. The van der Waals surface area contributed by atoms with Crippen LogP contribution in [-0.4, -0.2) is 49.1 Å². The summed E-state index contributed by atoms with van der Waals surface area (Å²) < 4.78 is 13.2. The Kier molecular flexibility index (Phi) is 9.11. The fourth-order valence-corrected chi connectivity index (χ4v) is 4.01. The van der Waals surface area contributed by atoms with Crippen molar-refractivity contribution in [2.75, 3.05) is 26.2 Å². The van der Waals surface area contributed by atoms with E-state index in [0.717, 1.165) is 37.1 Å². The number of likely N-dealkylation sites (tertiary alicyclic amines) is 1. The number of halogens is 2. The highest BCUT2D eigenvalue weighted by Crippen LogP contribution is 2.26. The molecule has 1 unspecified atom stereocenters. The Hall–Kier alpha value is -0.890. The topological polar surface area (TPSA) is 39.7 Å². The molecule has 146 valence electrons. The first-order valence-corrected chi connectivity index (χ1v) is 9.78. The van der Waals surface area contributed by atoms with Gasteiger partial charge in [0.2, 0.25) is 0 Å². The first-order valence-electron chi connectivity index (χ1n) is 9.78. The Balaban J connectivity index is 0.00000243. The van der Waals surface area contributed by atoms with Gasteiger partial charge >= 0.3 is 0 Å². The van der Waals surface area contributed by atoms with Crippen LogP contribution in [0, 0.1) is 5.82 Å². The molecule has 1 heterocycles. The van der Waals surface area contributed by atoms with Crippen LogP contribution in [0.5, 0.6) is 0 Å². The van der Waals surface area contributed by atoms with Gasteiger partial charge in [0.25, 0.3) is 0 Å². The lowest BCUT2D eigenvalue weighted by Crippen LogP contribution is -2.45. The van der Waals surface area contributed by atoms with Crippen molar-refractivity contribution in [2.45, 2.75) is 57.5 Å². The van der Waals surface area contributed by atoms with E-state index >= 15 is 0 Å². The summed E-state index contributed by atoms with van der Waals surface area (Å²) in [7, 11) is 0. The van der Waals surface area contributed by atoms with Gasteiger partial charge in [-0.15, -0.1) is 24.0 Å². The average molecular weight is 474 g/mol. The summed E-state index contributed by atoms with van der Waals surface area (Å²) in [5.41, 5.74) is 0.993. The third-order valence-electron chi connectivity index (χ3n) is 5.31. The summed E-state index contributed by atoms with van der Waals surface area (Å²) >= 11 is 0. The molecule has 26 heavy (non-hydrogen) atoms. The molecule has 6 heteroatoms. The van der Waals surface area contributed by atoms with Crippen LogP contribution in [0.25, 0.3) is 0 Å². The summed E-state index contributed by atoms with van der Waals surface area (Å²) in [4.78, 5) is 7.33. The Morgan fingerprint density at radius 1 is 1.27 bits per heavy atom. The molecule has 3 rings (SSSR count). The zero-order chi connectivity index (χ0) is 17.5. The van der Waals surface area contributed by atoms with Crippen molar-refractivity contribution in [3.63, 3.8) is 0 Å². The highest BCUT2D eigenvalue weighted by molar-refractivity contribution is 14.0. The van der Waals surface area contributed by atoms with Crippen LogP contribution in [0.2, 0.25) is 0 Å². The summed E-state index contributed by atoms with van der Waals surface area (Å²) in [5, 5.41) is 6.93. The number of hydrogen-bond donors (Lipinski definition) is 2. The molecular weight excluding hydrogens is 442 g/mol. The van der Waals surface area contributed by atoms with Gasteiger partial charge < -0.3 is 10.6 Å². The number of guanidine groups is 1. The van der Waals surface area contributed by atoms with Gasteiger partial charge in [-0.05, 0) is 50.3 Å². The van der Waals surface area contributed by atoms with Crippen LogP contribution in [0.3, 0.4) is 0 Å². The average Bonchev–Trinajstić information content (AvgIpc) is 3.26. The van der Waals surface area contributed by atoms with Crippen molar-refractivity contribution >= 4 is 29.9 Å². The summed E-state index contributed by atoms with van der Waals surface area (Å²) in [5.74, 6) is 0.710. The molecule has 2 N–H and O–H groups in total. The molecule has 4 nitrogen and oxygen atoms in total. The SMILES string of the molecule is CCNC(=NCCc1cccc(F)c1)NC1CCN(C2CCCC2)C1.I. The Bertz CT molecular complexity index is 575. The van der Waals surface area contributed by atoms with Gasteiger partial charge in [0.15, 0.2) is 5.96 Å². The fraction of sp³-hybridized carbons (Fsp3) is 0.650. The van der Waals surface area contributed by atoms with Gasteiger partial charge in [-0.25, -0.2) is 4.39 Å². The van der Waals surface area contributed by atoms with Gasteiger partial charge in [-0.1, -0.05) is 25.0 Å². The molecule has 0 radical (unpaired) electrons. The molecule has 0 aromatic heterocycles. The Morgan fingerprint density at radius 2 is 2.08 bits per heavy atom. The summed E-state index contributed by atoms with van der Waals surface area (Å²) in [6.45, 7) is 5.93. The van der Waals surface area contributed by atoms with Gasteiger partial charge in [-0.3, -0.25) is 9.89 Å². The molecule has 0 amide bonds. The lowest BCUT2D eigenvalue weighted by atomic mass is 10.1. The normalized spacial score (nSPS) is 21.6. The van der Waals surface area contributed by atoms with Crippen LogP contribution < -0.4 is 10.6 Å². The second kappa shape index (κ2) is 11.1. The Morgan fingerprint density at radius 3 is 2.81 bits per heavy atom. The van der Waals surface area contributed by atoms with Crippen LogP contribution in [-0.2, 0) is 6.42 Å². The van der Waals surface area contributed by atoms with Gasteiger partial charge in [0.05, 0.1) is 0 Å². The molecule has 1 saturated carbocycles. The van der Waals surface area contributed by atoms with Crippen molar-refractivity contribution < 1.29 is 4.39 Å². The largest absolute Gasteiger partial charge is 0.357 e. The molecule has 1 aromatic rings. The van der Waals surface area contributed by atoms with Crippen LogP contribution in [0.4, 0.5) is 4.39 Å². The lowest BCUT2D eigenvalue weighted by Gasteiger charge is -2.24. The first-order chi connectivity index (χ1) is 12.2. The fourth-order valence-electron chi connectivity index (χ4n) is 4.01. The first kappa shape index (κ1) is 21.4. The van der Waals surface area contributed by atoms with Gasteiger partial charge in [0.1, 0.15) is 5.82 Å². The number of hydrogen-bond acceptors (Lipinski definition) is 2. The maximum Gasteiger partial charge on any atom is 0.191 e. The van der Waals surface area contributed by atoms with Crippen LogP contribution in [0.15, 0.2) is 29.3 Å². The van der Waals surface area contributed by atoms with Crippen molar-refractivity contribution in [3.05, 3.63) is 35.6 Å². The maximum absolute atomic E-state index is 13.2. The van der Waals surface area contributed by atoms with Gasteiger partial charge in [-0.2, -0.15) is 0 Å². The number of nitrogens with zero attached hydrogens (tertiary/aromatic N) is 2. The van der Waals surface area contributed by atoms with Gasteiger partial charge in [0, 0.05) is 38.3 Å². The van der Waals surface area contributed by atoms with E-state index < -0.39 is 0 Å². The van der Waals surface area contributed by atoms with E-state index in [1.807, 2.05) is 6.07 Å². The van der Waals surface area contributed by atoms with E-state index in [9.17, 15) is 4.39 Å². The van der Waals surface area contributed by atoms with Crippen LogP contribution >= 0.6 is 24.0 Å². The smallest absolute Gasteiger partial charge is 0.191 e. The molecule has 1 atom stereocenters. The van der Waals surface area contributed by atoms with E-state index in [0.29, 0.717) is 12.6 Å². The zero-order valence-electron chi connectivity index (χ0n) is 15.7. The minimum atomic E-state index is -0.176. The number of aliphatic imine (C=N–C) groups is 1. The molecule has 0 bridgehead atoms. The molecular formula is C20H32FIN4. The monoisotopic (exact) mass is 474 g/mol. The minimum Gasteiger partial charge on any atom is -0.357 e. The predicted octanol–water partition coefficient (Wildman–Crippen LogP) is 3.56. The highest BCUT2D eigenvalue weighted by Gasteiger charge is 2.30. The van der Waals surface area contributed by atoms with Crippen molar-refractivity contribution in [1.82, 2.24) is 15.5 Å². The Labute approximate surface area is 174 Å². The second-order valence-corrected chi connectivity index (χ2v) is 7.20. The molecule has 1 aromatic carbocycles. The van der Waals surface area contributed by atoms with Crippen molar-refractivity contribution in [2.24, 2.45) is 4.99 Å². The van der Waals surface area contributed by atoms with Crippen molar-refractivity contribution in [1.29, 1.82) is 0 Å². The molecule has 1 aliphatic carbocycles. The summed E-state index contributed by atoms with van der Waals surface area (Å²) in [6.07, 6.45) is 7.47. The van der Waals surface area contributed by atoms with E-state index in [1.165, 1.54) is 44.7 Å². The number of nitrogens with one attached hydrogen (secondary N) is 2. The third-order valence-corrected chi connectivity index (χ3v) is 5.31. The zero-order valence-corrected chi connectivity index (χ0v) is 18.0. The highest BCUT2D eigenvalue weighted by atomic mass is 127. The maximum atomic E-state index is 13.2. The lowest BCUT2D eigenvalue weighted by molar-refractivity contribution is 0.242. The van der Waals surface area contributed by atoms with Crippen LogP contribution in [0.1, 0.15) is 44.6 Å². The minimum absolute atomic E-state index is 0. The van der Waals surface area contributed by atoms with E-state index in [-0.39, 0.29) is 29.8 Å². The third kappa shape index (κ3) is 6.37. The summed E-state index contributed by atoms with van der Waals surface area (Å²) in [6, 6.07) is 8.07. The predicted molar refractivity (Wildman–Crippen MR) is 117 cm³/mol. The molecule has 1 saturated heterocycles. The van der Waals surface area contributed by atoms with E-state index in [1.54, 1.807) is 12.1 Å². The van der Waals surface area contributed by atoms with Crippen molar-refractivity contribution in [3.8, 4) is 0 Å².